The molecule has 0 aromatic heterocycles. The third-order valence-electron chi connectivity index (χ3n) is 1.87. The molecule has 0 aliphatic carbocycles. The van der Waals surface area contributed by atoms with E-state index >= 15 is 0 Å². The highest BCUT2D eigenvalue weighted by Gasteiger charge is 2.09. The minimum Gasteiger partial charge on any atom is -0.343 e. The molecule has 0 N–H and O–H groups in total. The molecule has 1 unspecified atom stereocenters. The van der Waals surface area contributed by atoms with Crippen LogP contribution in [0.5, 0.6) is 0 Å². The Hall–Kier alpha value is -0.240. The standard InChI is InChI=1S/C9H18ClNO/c1-4-11(5-2)9(12)7-6-8(3)10/h8H,4-7H2,1-3H3. The van der Waals surface area contributed by atoms with E-state index in [1.54, 1.807) is 0 Å². The summed E-state index contributed by atoms with van der Waals surface area (Å²) in [5, 5.41) is 0.101. The molecule has 0 aliphatic heterocycles. The van der Waals surface area contributed by atoms with Gasteiger partial charge in [-0.25, -0.2) is 0 Å². The van der Waals surface area contributed by atoms with Gasteiger partial charge in [0.1, 0.15) is 0 Å². The van der Waals surface area contributed by atoms with Gasteiger partial charge in [-0.2, -0.15) is 0 Å². The van der Waals surface area contributed by atoms with Crippen LogP contribution in [0.4, 0.5) is 0 Å². The largest absolute Gasteiger partial charge is 0.343 e. The van der Waals surface area contributed by atoms with Crippen LogP contribution in [0.1, 0.15) is 33.6 Å². The van der Waals surface area contributed by atoms with Crippen molar-refractivity contribution in [3.05, 3.63) is 0 Å². The van der Waals surface area contributed by atoms with E-state index in [0.29, 0.717) is 6.42 Å². The first-order chi connectivity index (χ1) is 5.61. The molecule has 0 heterocycles. The second kappa shape index (κ2) is 6.30. The normalized spacial score (nSPS) is 12.7. The highest BCUT2D eigenvalue weighted by atomic mass is 35.5. The first-order valence-electron chi connectivity index (χ1n) is 4.53. The van der Waals surface area contributed by atoms with Gasteiger partial charge >= 0.3 is 0 Å². The molecule has 0 saturated heterocycles. The molecule has 1 amide bonds. The average Bonchev–Trinajstić information content (AvgIpc) is 2.03. The summed E-state index contributed by atoms with van der Waals surface area (Å²) < 4.78 is 0. The summed E-state index contributed by atoms with van der Waals surface area (Å²) in [7, 11) is 0. The van der Waals surface area contributed by atoms with Gasteiger partial charge in [-0.3, -0.25) is 4.79 Å². The number of carbonyl (C=O) groups excluding carboxylic acids is 1. The van der Waals surface area contributed by atoms with E-state index < -0.39 is 0 Å². The van der Waals surface area contributed by atoms with Gasteiger partial charge in [0.05, 0.1) is 0 Å². The van der Waals surface area contributed by atoms with Crippen molar-refractivity contribution < 1.29 is 4.79 Å². The van der Waals surface area contributed by atoms with Crippen molar-refractivity contribution in [2.24, 2.45) is 0 Å². The van der Waals surface area contributed by atoms with Crippen molar-refractivity contribution in [2.45, 2.75) is 39.0 Å². The molecule has 72 valence electrons. The van der Waals surface area contributed by atoms with E-state index in [2.05, 4.69) is 0 Å². The lowest BCUT2D eigenvalue weighted by molar-refractivity contribution is -0.130. The van der Waals surface area contributed by atoms with Crippen LogP contribution in [0.15, 0.2) is 0 Å². The van der Waals surface area contributed by atoms with Crippen LogP contribution in [0.2, 0.25) is 0 Å². The van der Waals surface area contributed by atoms with Crippen molar-refractivity contribution >= 4 is 17.5 Å². The Morgan fingerprint density at radius 2 is 1.92 bits per heavy atom. The Labute approximate surface area is 79.9 Å². The van der Waals surface area contributed by atoms with Gasteiger partial charge in [0.15, 0.2) is 0 Å². The maximum Gasteiger partial charge on any atom is 0.222 e. The fourth-order valence-corrected chi connectivity index (χ4v) is 1.17. The zero-order valence-electron chi connectivity index (χ0n) is 8.14. The Kier molecular flexibility index (Phi) is 6.17. The van der Waals surface area contributed by atoms with Crippen molar-refractivity contribution in [3.63, 3.8) is 0 Å². The number of carbonyl (C=O) groups is 1. The van der Waals surface area contributed by atoms with E-state index in [1.807, 2.05) is 25.7 Å². The maximum absolute atomic E-state index is 11.4. The van der Waals surface area contributed by atoms with Crippen LogP contribution < -0.4 is 0 Å². The SMILES string of the molecule is CCN(CC)C(=O)CCC(C)Cl. The fraction of sp³-hybridized carbons (Fsp3) is 0.889. The van der Waals surface area contributed by atoms with Crippen LogP contribution in [-0.4, -0.2) is 29.3 Å². The van der Waals surface area contributed by atoms with Gasteiger partial charge < -0.3 is 4.90 Å². The molecule has 0 bridgehead atoms. The average molecular weight is 192 g/mol. The number of rotatable bonds is 5. The van der Waals surface area contributed by atoms with E-state index in [-0.39, 0.29) is 11.3 Å². The Morgan fingerprint density at radius 1 is 1.42 bits per heavy atom. The molecule has 1 atom stereocenters. The van der Waals surface area contributed by atoms with Crippen LogP contribution in [0.25, 0.3) is 0 Å². The summed E-state index contributed by atoms with van der Waals surface area (Å²) in [6, 6.07) is 0. The van der Waals surface area contributed by atoms with E-state index in [9.17, 15) is 4.79 Å². The highest BCUT2D eigenvalue weighted by molar-refractivity contribution is 6.20. The van der Waals surface area contributed by atoms with Gasteiger partial charge in [0, 0.05) is 24.9 Å². The second-order valence-corrected chi connectivity index (χ2v) is 3.63. The van der Waals surface area contributed by atoms with Crippen LogP contribution in [0.3, 0.4) is 0 Å². The molecule has 0 aromatic rings. The molecule has 0 rings (SSSR count). The molecule has 0 radical (unpaired) electrons. The van der Waals surface area contributed by atoms with E-state index in [4.69, 9.17) is 11.6 Å². The topological polar surface area (TPSA) is 20.3 Å². The third kappa shape index (κ3) is 4.60. The van der Waals surface area contributed by atoms with Crippen LogP contribution >= 0.6 is 11.6 Å². The van der Waals surface area contributed by atoms with Crippen LogP contribution in [0, 0.1) is 0 Å². The number of halogens is 1. The second-order valence-electron chi connectivity index (χ2n) is 2.89. The summed E-state index contributed by atoms with van der Waals surface area (Å²) in [5.74, 6) is 0.215. The predicted octanol–water partition coefficient (Wildman–Crippen LogP) is 2.26. The summed E-state index contributed by atoms with van der Waals surface area (Å²) in [5.41, 5.74) is 0. The fourth-order valence-electron chi connectivity index (χ4n) is 1.06. The van der Waals surface area contributed by atoms with E-state index in [0.717, 1.165) is 19.5 Å². The van der Waals surface area contributed by atoms with Gasteiger partial charge in [0.25, 0.3) is 0 Å². The molecule has 0 aromatic carbocycles. The predicted molar refractivity (Wildman–Crippen MR) is 52.5 cm³/mol. The van der Waals surface area contributed by atoms with Gasteiger partial charge in [0.2, 0.25) is 5.91 Å². The zero-order chi connectivity index (χ0) is 9.56. The lowest BCUT2D eigenvalue weighted by Gasteiger charge is -2.18. The van der Waals surface area contributed by atoms with Gasteiger partial charge in [-0.1, -0.05) is 0 Å². The lowest BCUT2D eigenvalue weighted by Crippen LogP contribution is -2.30. The van der Waals surface area contributed by atoms with Gasteiger partial charge in [-0.15, -0.1) is 11.6 Å². The summed E-state index contributed by atoms with van der Waals surface area (Å²) in [4.78, 5) is 13.2. The van der Waals surface area contributed by atoms with E-state index in [1.165, 1.54) is 0 Å². The number of hydrogen-bond donors (Lipinski definition) is 0. The number of amides is 1. The molecule has 0 aliphatic rings. The Balaban J connectivity index is 3.69. The minimum absolute atomic E-state index is 0.101. The number of alkyl halides is 1. The molecule has 0 spiro atoms. The zero-order valence-corrected chi connectivity index (χ0v) is 8.90. The summed E-state index contributed by atoms with van der Waals surface area (Å²) in [6.07, 6.45) is 1.35. The molecule has 3 heteroatoms. The molecular weight excluding hydrogens is 174 g/mol. The van der Waals surface area contributed by atoms with Crippen molar-refractivity contribution in [2.75, 3.05) is 13.1 Å². The molecule has 2 nitrogen and oxygen atoms in total. The quantitative estimate of drug-likeness (QED) is 0.611. The minimum atomic E-state index is 0.101. The Morgan fingerprint density at radius 3 is 2.25 bits per heavy atom. The first-order valence-corrected chi connectivity index (χ1v) is 4.97. The van der Waals surface area contributed by atoms with Crippen LogP contribution in [-0.2, 0) is 4.79 Å². The van der Waals surface area contributed by atoms with Crippen molar-refractivity contribution in [1.29, 1.82) is 0 Å². The molecule has 0 saturated carbocycles. The molecule has 12 heavy (non-hydrogen) atoms. The van der Waals surface area contributed by atoms with Crippen molar-refractivity contribution in [3.8, 4) is 0 Å². The Bertz CT molecular complexity index is 132. The summed E-state index contributed by atoms with van der Waals surface area (Å²) >= 11 is 5.74. The highest BCUT2D eigenvalue weighted by Crippen LogP contribution is 2.05. The summed E-state index contributed by atoms with van der Waals surface area (Å²) in [6.45, 7) is 7.49. The van der Waals surface area contributed by atoms with Crippen molar-refractivity contribution in [1.82, 2.24) is 4.90 Å². The first kappa shape index (κ1) is 11.8. The molecule has 0 fully saturated rings. The van der Waals surface area contributed by atoms with Gasteiger partial charge in [-0.05, 0) is 27.2 Å². The molecular formula is C9H18ClNO. The third-order valence-corrected chi connectivity index (χ3v) is 2.09. The lowest BCUT2D eigenvalue weighted by atomic mass is 10.2. The monoisotopic (exact) mass is 191 g/mol. The smallest absolute Gasteiger partial charge is 0.222 e. The number of nitrogens with zero attached hydrogens (tertiary/aromatic N) is 1. The maximum atomic E-state index is 11.4. The number of hydrogen-bond acceptors (Lipinski definition) is 1.